The van der Waals surface area contributed by atoms with Gasteiger partial charge in [0.2, 0.25) is 0 Å². The van der Waals surface area contributed by atoms with Gasteiger partial charge in [0.1, 0.15) is 19.3 Å². The summed E-state index contributed by atoms with van der Waals surface area (Å²) in [5.41, 5.74) is 3.61. The van der Waals surface area contributed by atoms with Crippen LogP contribution >= 0.6 is 0 Å². The Labute approximate surface area is 91.2 Å². The number of benzene rings is 1. The zero-order chi connectivity index (χ0) is 11.4. The summed E-state index contributed by atoms with van der Waals surface area (Å²) < 4.78 is 0. The number of hydrazine groups is 1. The molecule has 82 valence electrons. The van der Waals surface area contributed by atoms with Gasteiger partial charge in [-0.3, -0.25) is 20.1 Å². The lowest BCUT2D eigenvalue weighted by molar-refractivity contribution is -0.384. The van der Waals surface area contributed by atoms with E-state index in [9.17, 15) is 10.1 Å². The molecule has 16 heavy (non-hydrogen) atoms. The van der Waals surface area contributed by atoms with Crippen LogP contribution in [-0.2, 0) is 0 Å². The summed E-state index contributed by atoms with van der Waals surface area (Å²) in [6.07, 6.45) is 2.93. The predicted octanol–water partition coefficient (Wildman–Crippen LogP) is 0.933. The molecule has 1 heterocycles. The minimum absolute atomic E-state index is 0.0397. The summed E-state index contributed by atoms with van der Waals surface area (Å²) in [5.74, 6) is 0. The van der Waals surface area contributed by atoms with E-state index in [1.165, 1.54) is 24.8 Å². The molecule has 1 N–H and O–H groups in total. The van der Waals surface area contributed by atoms with Crippen LogP contribution in [0.15, 0.2) is 34.3 Å². The van der Waals surface area contributed by atoms with Crippen LogP contribution in [0.4, 0.5) is 11.4 Å². The third-order valence-electron chi connectivity index (χ3n) is 1.98. The van der Waals surface area contributed by atoms with Crippen molar-refractivity contribution in [1.29, 1.82) is 0 Å². The Kier molecular flexibility index (Phi) is 2.88. The summed E-state index contributed by atoms with van der Waals surface area (Å²) in [6, 6.07) is 6.27. The Morgan fingerprint density at radius 2 is 2.38 bits per heavy atom. The van der Waals surface area contributed by atoms with E-state index >= 15 is 0 Å². The second kappa shape index (κ2) is 4.49. The van der Waals surface area contributed by atoms with Crippen molar-refractivity contribution in [2.75, 3.05) is 11.7 Å². The van der Waals surface area contributed by atoms with Gasteiger partial charge in [-0.25, -0.2) is 10.4 Å². The number of non-ortho nitro benzene ring substituents is 1. The maximum absolute atomic E-state index is 10.6. The zero-order valence-electron chi connectivity index (χ0n) is 8.28. The third-order valence-corrected chi connectivity index (χ3v) is 1.98. The second-order valence-corrected chi connectivity index (χ2v) is 3.03. The van der Waals surface area contributed by atoms with E-state index in [-0.39, 0.29) is 5.69 Å². The van der Waals surface area contributed by atoms with Crippen LogP contribution in [0.25, 0.3) is 0 Å². The molecule has 2 rings (SSSR count). The number of nitrogens with one attached hydrogen (secondary N) is 1. The topological polar surface area (TPSA) is 83.1 Å². The van der Waals surface area contributed by atoms with Gasteiger partial charge in [-0.2, -0.15) is 0 Å². The summed E-state index contributed by atoms with van der Waals surface area (Å²) >= 11 is 0. The van der Waals surface area contributed by atoms with Crippen LogP contribution in [0.3, 0.4) is 0 Å². The number of anilines is 1. The van der Waals surface area contributed by atoms with Crippen molar-refractivity contribution < 1.29 is 4.92 Å². The molecule has 0 spiro atoms. The highest BCUT2D eigenvalue weighted by molar-refractivity contribution is 5.84. The Morgan fingerprint density at radius 3 is 3.19 bits per heavy atom. The molecule has 0 fully saturated rings. The summed E-state index contributed by atoms with van der Waals surface area (Å²) in [4.78, 5) is 18.0. The second-order valence-electron chi connectivity index (χ2n) is 3.03. The van der Waals surface area contributed by atoms with Crippen molar-refractivity contribution in [3.63, 3.8) is 0 Å². The fourth-order valence-electron chi connectivity index (χ4n) is 1.26. The van der Waals surface area contributed by atoms with Crippen LogP contribution in [0.1, 0.15) is 0 Å². The quantitative estimate of drug-likeness (QED) is 0.592. The monoisotopic (exact) mass is 219 g/mol. The number of nitro groups is 1. The van der Waals surface area contributed by atoms with E-state index in [0.717, 1.165) is 0 Å². The van der Waals surface area contributed by atoms with Crippen molar-refractivity contribution in [2.45, 2.75) is 0 Å². The van der Waals surface area contributed by atoms with E-state index in [2.05, 4.69) is 15.4 Å². The molecule has 0 aliphatic carbocycles. The molecule has 0 aromatic heterocycles. The lowest BCUT2D eigenvalue weighted by Crippen LogP contribution is -2.36. The molecule has 0 saturated heterocycles. The molecule has 1 aliphatic rings. The van der Waals surface area contributed by atoms with Crippen molar-refractivity contribution in [3.8, 4) is 0 Å². The van der Waals surface area contributed by atoms with Crippen molar-refractivity contribution >= 4 is 24.1 Å². The van der Waals surface area contributed by atoms with Gasteiger partial charge in [-0.15, -0.1) is 0 Å². The molecule has 0 atom stereocenters. The van der Waals surface area contributed by atoms with Gasteiger partial charge in [0.05, 0.1) is 10.6 Å². The van der Waals surface area contributed by atoms with Gasteiger partial charge in [-0.05, 0) is 6.07 Å². The van der Waals surface area contributed by atoms with Crippen molar-refractivity contribution in [1.82, 2.24) is 5.43 Å². The highest BCUT2D eigenvalue weighted by Crippen LogP contribution is 2.19. The average molecular weight is 219 g/mol. The number of hydrogen-bond donors (Lipinski definition) is 1. The molecule has 1 aromatic rings. The number of nitro benzene ring substituents is 1. The van der Waals surface area contributed by atoms with Crippen molar-refractivity contribution in [3.05, 3.63) is 34.4 Å². The zero-order valence-corrected chi connectivity index (χ0v) is 8.28. The molecule has 0 bridgehead atoms. The van der Waals surface area contributed by atoms with Crippen LogP contribution in [0, 0.1) is 10.1 Å². The third kappa shape index (κ3) is 2.20. The maximum Gasteiger partial charge on any atom is 0.271 e. The summed E-state index contributed by atoms with van der Waals surface area (Å²) in [6.45, 7) is 0.378. The minimum Gasteiger partial charge on any atom is -0.264 e. The smallest absolute Gasteiger partial charge is 0.264 e. The predicted molar refractivity (Wildman–Crippen MR) is 60.6 cm³/mol. The molecule has 0 amide bonds. The largest absolute Gasteiger partial charge is 0.271 e. The van der Waals surface area contributed by atoms with E-state index < -0.39 is 4.92 Å². The molecule has 1 aliphatic heterocycles. The van der Waals surface area contributed by atoms with Gasteiger partial charge in [0.25, 0.3) is 5.69 Å². The van der Waals surface area contributed by atoms with Gasteiger partial charge in [0.15, 0.2) is 0 Å². The van der Waals surface area contributed by atoms with Crippen LogP contribution < -0.4 is 10.4 Å². The lowest BCUT2D eigenvalue weighted by Gasteiger charge is -2.17. The lowest BCUT2D eigenvalue weighted by atomic mass is 10.3. The number of nitrogens with zero attached hydrogens (tertiary/aromatic N) is 4. The number of rotatable bonds is 2. The standard InChI is InChI=1S/C9H9N5O2/c15-14(16)9-3-1-2-8(4-9)13-7-11-5-10-6-12-13/h1-5,7,12H,6H2. The summed E-state index contributed by atoms with van der Waals surface area (Å²) in [7, 11) is 0. The highest BCUT2D eigenvalue weighted by Gasteiger charge is 2.10. The first-order valence-corrected chi connectivity index (χ1v) is 4.56. The Hall–Kier alpha value is -2.28. The van der Waals surface area contributed by atoms with Crippen molar-refractivity contribution in [2.24, 2.45) is 9.98 Å². The van der Waals surface area contributed by atoms with Gasteiger partial charge in [0, 0.05) is 12.1 Å². The molecule has 7 nitrogen and oxygen atoms in total. The van der Waals surface area contributed by atoms with Crippen LogP contribution in [0.2, 0.25) is 0 Å². The summed E-state index contributed by atoms with van der Waals surface area (Å²) in [5, 5.41) is 12.2. The Balaban J connectivity index is 2.26. The van der Waals surface area contributed by atoms with Crippen LogP contribution in [0.5, 0.6) is 0 Å². The molecule has 7 heteroatoms. The van der Waals surface area contributed by atoms with Gasteiger partial charge >= 0.3 is 0 Å². The molecule has 1 aromatic carbocycles. The first-order chi connectivity index (χ1) is 7.77. The van der Waals surface area contributed by atoms with Gasteiger partial charge in [-0.1, -0.05) is 6.07 Å². The Bertz CT molecular complexity index is 457. The van der Waals surface area contributed by atoms with E-state index in [4.69, 9.17) is 0 Å². The highest BCUT2D eigenvalue weighted by atomic mass is 16.6. The first-order valence-electron chi connectivity index (χ1n) is 4.56. The van der Waals surface area contributed by atoms with E-state index in [0.29, 0.717) is 12.4 Å². The fraction of sp³-hybridized carbons (Fsp3) is 0.111. The fourth-order valence-corrected chi connectivity index (χ4v) is 1.26. The molecule has 0 unspecified atom stereocenters. The maximum atomic E-state index is 10.6. The van der Waals surface area contributed by atoms with E-state index in [1.807, 2.05) is 0 Å². The van der Waals surface area contributed by atoms with Crippen LogP contribution in [-0.4, -0.2) is 24.3 Å². The first kappa shape index (κ1) is 10.2. The normalized spacial score (nSPS) is 14.9. The average Bonchev–Trinajstić information content (AvgIpc) is 2.57. The number of hydrogen-bond acceptors (Lipinski definition) is 6. The molecule has 0 saturated carbocycles. The molecular weight excluding hydrogens is 210 g/mol. The number of aliphatic imine (C=N–C) groups is 2. The molecular formula is C9H9N5O2. The molecule has 0 radical (unpaired) electrons. The Morgan fingerprint density at radius 1 is 1.50 bits per heavy atom. The van der Waals surface area contributed by atoms with E-state index in [1.54, 1.807) is 17.1 Å². The minimum atomic E-state index is -0.436. The SMILES string of the molecule is O=[N+]([O-])c1cccc(N2C=NC=NCN2)c1. The van der Waals surface area contributed by atoms with Gasteiger partial charge < -0.3 is 0 Å².